The normalized spacial score (nSPS) is 20.0. The fourth-order valence-electron chi connectivity index (χ4n) is 3.39. The maximum absolute atomic E-state index is 12.5. The number of hydrogen-bond donors (Lipinski definition) is 1. The molecule has 27 heavy (non-hydrogen) atoms. The second-order valence-corrected chi connectivity index (χ2v) is 6.88. The van der Waals surface area contributed by atoms with Gasteiger partial charge in [0.2, 0.25) is 0 Å². The Hall–Kier alpha value is -2.88. The Balaban J connectivity index is 2.01. The third-order valence-corrected chi connectivity index (χ3v) is 4.82. The molecule has 0 radical (unpaired) electrons. The molecular weight excluding hydrogens is 346 g/mol. The molecule has 1 saturated carbocycles. The standard InChI is InChI=1S/C20H25N3O4/c1-14(24)27-17-10-8-15(9-11-17)12-18(20(26)23(2)13-21)22-19(25)16-6-4-3-5-7-16/h3-7,15,17-18H,8-12H2,1-2H3,(H,22,25)/t15?,17?,18-/m0/s1. The Bertz CT molecular complexity index is 706. The molecule has 0 saturated heterocycles. The van der Waals surface area contributed by atoms with Crippen molar-refractivity contribution >= 4 is 17.8 Å². The zero-order valence-corrected chi connectivity index (χ0v) is 15.7. The van der Waals surface area contributed by atoms with Crippen LogP contribution in [0.5, 0.6) is 0 Å². The molecule has 0 unspecified atom stereocenters. The van der Waals surface area contributed by atoms with E-state index in [0.29, 0.717) is 12.0 Å². The number of carbonyl (C=O) groups is 3. The fraction of sp³-hybridized carbons (Fsp3) is 0.500. The minimum atomic E-state index is -0.766. The SMILES string of the molecule is CC(=O)OC1CCC(C[C@H](NC(=O)c2ccccc2)C(=O)N(C)C#N)CC1. The van der Waals surface area contributed by atoms with Crippen molar-refractivity contribution in [3.8, 4) is 6.19 Å². The van der Waals surface area contributed by atoms with Crippen LogP contribution in [0.2, 0.25) is 0 Å². The smallest absolute Gasteiger partial charge is 0.302 e. The molecule has 1 aromatic rings. The Morgan fingerprint density at radius 1 is 1.22 bits per heavy atom. The third kappa shape index (κ3) is 6.10. The van der Waals surface area contributed by atoms with Crippen molar-refractivity contribution in [3.05, 3.63) is 35.9 Å². The zero-order chi connectivity index (χ0) is 19.8. The Morgan fingerprint density at radius 2 is 1.85 bits per heavy atom. The number of hydrogen-bond acceptors (Lipinski definition) is 5. The van der Waals surface area contributed by atoms with Crippen LogP contribution in [-0.2, 0) is 14.3 Å². The monoisotopic (exact) mass is 371 g/mol. The van der Waals surface area contributed by atoms with Gasteiger partial charge in [-0.05, 0) is 50.2 Å². The van der Waals surface area contributed by atoms with E-state index >= 15 is 0 Å². The van der Waals surface area contributed by atoms with E-state index in [1.165, 1.54) is 14.0 Å². The lowest BCUT2D eigenvalue weighted by Crippen LogP contribution is -2.47. The highest BCUT2D eigenvalue weighted by molar-refractivity contribution is 5.97. The quantitative estimate of drug-likeness (QED) is 0.470. The maximum Gasteiger partial charge on any atom is 0.302 e. The first-order chi connectivity index (χ1) is 12.9. The highest BCUT2D eigenvalue weighted by Crippen LogP contribution is 2.30. The molecule has 0 aromatic heterocycles. The number of nitrogens with zero attached hydrogens (tertiary/aromatic N) is 2. The van der Waals surface area contributed by atoms with Crippen molar-refractivity contribution < 1.29 is 19.1 Å². The summed E-state index contributed by atoms with van der Waals surface area (Å²) >= 11 is 0. The van der Waals surface area contributed by atoms with E-state index in [4.69, 9.17) is 10.00 Å². The Labute approximate surface area is 159 Å². The molecule has 1 aliphatic rings. The number of rotatable bonds is 6. The molecular formula is C20H25N3O4. The van der Waals surface area contributed by atoms with Gasteiger partial charge in [-0.15, -0.1) is 0 Å². The topological polar surface area (TPSA) is 99.5 Å². The van der Waals surface area contributed by atoms with Crippen LogP contribution in [0.15, 0.2) is 30.3 Å². The number of carbonyl (C=O) groups excluding carboxylic acids is 3. The van der Waals surface area contributed by atoms with E-state index in [0.717, 1.165) is 30.6 Å². The van der Waals surface area contributed by atoms with Crippen molar-refractivity contribution in [2.45, 2.75) is 51.2 Å². The molecule has 0 spiro atoms. The summed E-state index contributed by atoms with van der Waals surface area (Å²) in [6.45, 7) is 1.40. The second-order valence-electron chi connectivity index (χ2n) is 6.88. The first kappa shape index (κ1) is 20.4. The van der Waals surface area contributed by atoms with Gasteiger partial charge in [-0.25, -0.2) is 0 Å². The molecule has 1 aliphatic carbocycles. The van der Waals surface area contributed by atoms with Crippen LogP contribution >= 0.6 is 0 Å². The van der Waals surface area contributed by atoms with Crippen molar-refractivity contribution in [1.82, 2.24) is 10.2 Å². The van der Waals surface area contributed by atoms with E-state index in [1.54, 1.807) is 30.5 Å². The van der Waals surface area contributed by atoms with Gasteiger partial charge < -0.3 is 10.1 Å². The summed E-state index contributed by atoms with van der Waals surface area (Å²) in [6.07, 6.45) is 5.27. The van der Waals surface area contributed by atoms with Gasteiger partial charge in [0.15, 0.2) is 6.19 Å². The molecule has 1 fully saturated rings. The Morgan fingerprint density at radius 3 is 2.41 bits per heavy atom. The van der Waals surface area contributed by atoms with Gasteiger partial charge in [0, 0.05) is 19.5 Å². The van der Waals surface area contributed by atoms with Gasteiger partial charge in [-0.1, -0.05) is 18.2 Å². The number of nitriles is 1. The maximum atomic E-state index is 12.5. The van der Waals surface area contributed by atoms with Crippen molar-refractivity contribution in [2.24, 2.45) is 5.92 Å². The summed E-state index contributed by atoms with van der Waals surface area (Å²) in [4.78, 5) is 37.0. The van der Waals surface area contributed by atoms with Crippen LogP contribution in [0.3, 0.4) is 0 Å². The minimum absolute atomic E-state index is 0.0754. The lowest BCUT2D eigenvalue weighted by Gasteiger charge is -2.30. The lowest BCUT2D eigenvalue weighted by molar-refractivity contribution is -0.148. The molecule has 1 N–H and O–H groups in total. The first-order valence-electron chi connectivity index (χ1n) is 9.11. The number of amides is 2. The van der Waals surface area contributed by atoms with Gasteiger partial charge in [-0.3, -0.25) is 19.3 Å². The fourth-order valence-corrected chi connectivity index (χ4v) is 3.39. The van der Waals surface area contributed by atoms with E-state index in [2.05, 4.69) is 5.32 Å². The molecule has 0 aliphatic heterocycles. The average molecular weight is 371 g/mol. The summed E-state index contributed by atoms with van der Waals surface area (Å²) in [7, 11) is 1.39. The van der Waals surface area contributed by atoms with Crippen LogP contribution in [0.1, 0.15) is 49.4 Å². The zero-order valence-electron chi connectivity index (χ0n) is 15.7. The molecule has 1 atom stereocenters. The van der Waals surface area contributed by atoms with Crippen molar-refractivity contribution in [2.75, 3.05) is 7.05 Å². The number of ether oxygens (including phenoxy) is 1. The summed E-state index contributed by atoms with van der Waals surface area (Å²) in [5.74, 6) is -0.830. The lowest BCUT2D eigenvalue weighted by atomic mass is 9.83. The summed E-state index contributed by atoms with van der Waals surface area (Å²) in [6, 6.07) is 7.90. The van der Waals surface area contributed by atoms with Crippen LogP contribution in [0.4, 0.5) is 0 Å². The van der Waals surface area contributed by atoms with Gasteiger partial charge in [0.1, 0.15) is 12.1 Å². The average Bonchev–Trinajstić information content (AvgIpc) is 2.67. The molecule has 144 valence electrons. The number of esters is 1. The molecule has 1 aromatic carbocycles. The first-order valence-corrected chi connectivity index (χ1v) is 9.11. The molecule has 7 heteroatoms. The van der Waals surface area contributed by atoms with E-state index in [9.17, 15) is 14.4 Å². The summed E-state index contributed by atoms with van der Waals surface area (Å²) in [5, 5.41) is 11.8. The number of likely N-dealkylation sites (N-methyl/N-ethyl adjacent to an activating group) is 1. The molecule has 0 bridgehead atoms. The van der Waals surface area contributed by atoms with E-state index < -0.39 is 11.9 Å². The molecule has 7 nitrogen and oxygen atoms in total. The van der Waals surface area contributed by atoms with Crippen LogP contribution in [0, 0.1) is 17.4 Å². The highest BCUT2D eigenvalue weighted by atomic mass is 16.5. The van der Waals surface area contributed by atoms with Gasteiger partial charge >= 0.3 is 5.97 Å². The summed E-state index contributed by atoms with van der Waals surface area (Å²) < 4.78 is 5.24. The van der Waals surface area contributed by atoms with Crippen LogP contribution in [-0.4, -0.2) is 41.9 Å². The van der Waals surface area contributed by atoms with Crippen LogP contribution < -0.4 is 5.32 Å². The van der Waals surface area contributed by atoms with Gasteiger partial charge in [0.25, 0.3) is 11.8 Å². The van der Waals surface area contributed by atoms with Crippen molar-refractivity contribution in [3.63, 3.8) is 0 Å². The molecule has 2 rings (SSSR count). The minimum Gasteiger partial charge on any atom is -0.463 e. The number of benzene rings is 1. The van der Waals surface area contributed by atoms with Crippen molar-refractivity contribution in [1.29, 1.82) is 5.26 Å². The largest absolute Gasteiger partial charge is 0.463 e. The predicted octanol–water partition coefficient (Wildman–Crippen LogP) is 2.24. The Kier molecular flexibility index (Phi) is 7.35. The molecule has 0 heterocycles. The van der Waals surface area contributed by atoms with E-state index in [-0.39, 0.29) is 23.9 Å². The van der Waals surface area contributed by atoms with Crippen LogP contribution in [0.25, 0.3) is 0 Å². The highest BCUT2D eigenvalue weighted by Gasteiger charge is 2.30. The predicted molar refractivity (Wildman–Crippen MR) is 98.2 cm³/mol. The number of nitrogens with one attached hydrogen (secondary N) is 1. The summed E-state index contributed by atoms with van der Waals surface area (Å²) in [5.41, 5.74) is 0.466. The third-order valence-electron chi connectivity index (χ3n) is 4.82. The molecule has 2 amide bonds. The van der Waals surface area contributed by atoms with Gasteiger partial charge in [0.05, 0.1) is 0 Å². The van der Waals surface area contributed by atoms with Gasteiger partial charge in [-0.2, -0.15) is 5.26 Å². The van der Waals surface area contributed by atoms with E-state index in [1.807, 2.05) is 6.07 Å². The second kappa shape index (κ2) is 9.72.